The molecule has 0 aliphatic heterocycles. The van der Waals surface area contributed by atoms with Gasteiger partial charge in [-0.15, -0.1) is 0 Å². The van der Waals surface area contributed by atoms with E-state index in [1.807, 2.05) is 30.3 Å². The number of benzene rings is 2. The van der Waals surface area contributed by atoms with Crippen molar-refractivity contribution in [1.29, 1.82) is 0 Å². The Kier molecular flexibility index (Phi) is 4.94. The van der Waals surface area contributed by atoms with E-state index in [2.05, 4.69) is 10.2 Å². The maximum atomic E-state index is 12.7. The summed E-state index contributed by atoms with van der Waals surface area (Å²) in [6.07, 6.45) is 0. The number of para-hydroxylation sites is 1. The molecule has 0 atom stereocenters. The van der Waals surface area contributed by atoms with E-state index in [4.69, 9.17) is 22.7 Å². The largest absolute Gasteiger partial charge is 0.461 e. The molecule has 132 valence electrons. The number of ether oxygens (including phenoxy) is 1. The molecule has 2 aromatic carbocycles. The molecular formula is C18H16N4O3S. The Labute approximate surface area is 154 Å². The minimum absolute atomic E-state index is 0.131. The van der Waals surface area contributed by atoms with Gasteiger partial charge in [0.05, 0.1) is 17.5 Å². The lowest BCUT2D eigenvalue weighted by Gasteiger charge is -2.23. The molecule has 0 saturated carbocycles. The van der Waals surface area contributed by atoms with Crippen LogP contribution in [-0.2, 0) is 4.74 Å². The lowest BCUT2D eigenvalue weighted by molar-refractivity contribution is 0.0517. The Morgan fingerprint density at radius 1 is 1.23 bits per heavy atom. The van der Waals surface area contributed by atoms with Crippen LogP contribution >= 0.6 is 12.2 Å². The maximum absolute atomic E-state index is 12.7. The second-order valence-electron chi connectivity index (χ2n) is 5.36. The normalized spacial score (nSPS) is 10.5. The van der Waals surface area contributed by atoms with Crippen molar-refractivity contribution in [2.24, 2.45) is 5.73 Å². The molecule has 3 aromatic rings. The van der Waals surface area contributed by atoms with Gasteiger partial charge in [0.1, 0.15) is 0 Å². The lowest BCUT2D eigenvalue weighted by Crippen LogP contribution is -2.31. The number of carbonyl (C=O) groups is 1. The Balaban J connectivity index is 2.15. The predicted molar refractivity (Wildman–Crippen MR) is 104 cm³/mol. The first-order valence-electron chi connectivity index (χ1n) is 7.87. The number of thiocarbonyl (C=S) groups is 1. The van der Waals surface area contributed by atoms with E-state index < -0.39 is 11.4 Å². The Bertz CT molecular complexity index is 1030. The number of nitrogens with zero attached hydrogens (tertiary/aromatic N) is 2. The molecule has 26 heavy (non-hydrogen) atoms. The third kappa shape index (κ3) is 3.27. The molecule has 0 radical (unpaired) electrons. The summed E-state index contributed by atoms with van der Waals surface area (Å²) in [6, 6.07) is 14.4. The summed E-state index contributed by atoms with van der Waals surface area (Å²) in [5, 5.41) is 6.94. The van der Waals surface area contributed by atoms with Crippen LogP contribution in [-0.4, -0.2) is 27.9 Å². The number of anilines is 2. The van der Waals surface area contributed by atoms with Crippen molar-refractivity contribution in [2.45, 2.75) is 6.92 Å². The van der Waals surface area contributed by atoms with Crippen LogP contribution in [0.4, 0.5) is 11.4 Å². The van der Waals surface area contributed by atoms with Crippen molar-refractivity contribution in [3.8, 4) is 0 Å². The van der Waals surface area contributed by atoms with Crippen LogP contribution in [0.3, 0.4) is 0 Å². The van der Waals surface area contributed by atoms with Crippen LogP contribution in [0, 0.1) is 0 Å². The van der Waals surface area contributed by atoms with Gasteiger partial charge in [0.2, 0.25) is 11.1 Å². The van der Waals surface area contributed by atoms with Gasteiger partial charge in [0.15, 0.2) is 5.11 Å². The molecule has 0 aliphatic carbocycles. The molecule has 0 aliphatic rings. The number of nitrogens with two attached hydrogens (primary N) is 1. The number of aromatic nitrogens is 2. The number of H-pyrrole nitrogens is 1. The van der Waals surface area contributed by atoms with Gasteiger partial charge in [-0.2, -0.15) is 5.10 Å². The number of hydrogen-bond donors (Lipinski definition) is 2. The Morgan fingerprint density at radius 2 is 1.96 bits per heavy atom. The van der Waals surface area contributed by atoms with E-state index in [9.17, 15) is 9.59 Å². The van der Waals surface area contributed by atoms with E-state index in [-0.39, 0.29) is 22.8 Å². The fourth-order valence-corrected chi connectivity index (χ4v) is 2.78. The number of carbonyl (C=O) groups excluding carboxylic acids is 1. The van der Waals surface area contributed by atoms with Gasteiger partial charge in [-0.05, 0) is 49.5 Å². The van der Waals surface area contributed by atoms with Crippen LogP contribution in [0.5, 0.6) is 0 Å². The molecule has 1 aromatic heterocycles. The number of aromatic amines is 1. The van der Waals surface area contributed by atoms with E-state index in [0.29, 0.717) is 11.2 Å². The number of esters is 1. The molecule has 0 fully saturated rings. The Morgan fingerprint density at radius 3 is 2.62 bits per heavy atom. The van der Waals surface area contributed by atoms with Gasteiger partial charge >= 0.3 is 5.97 Å². The van der Waals surface area contributed by atoms with Gasteiger partial charge in [-0.1, -0.05) is 18.2 Å². The molecule has 0 amide bonds. The van der Waals surface area contributed by atoms with Gasteiger partial charge in [0.25, 0.3) is 0 Å². The summed E-state index contributed by atoms with van der Waals surface area (Å²) in [5.41, 5.74) is 6.92. The second-order valence-corrected chi connectivity index (χ2v) is 5.78. The summed E-state index contributed by atoms with van der Waals surface area (Å²) >= 11 is 5.17. The molecule has 0 unspecified atom stereocenters. The molecule has 0 spiro atoms. The van der Waals surface area contributed by atoms with Gasteiger partial charge in [0, 0.05) is 11.4 Å². The Hall–Kier alpha value is -3.26. The summed E-state index contributed by atoms with van der Waals surface area (Å²) in [6.45, 7) is 1.81. The summed E-state index contributed by atoms with van der Waals surface area (Å²) < 4.78 is 4.87. The standard InChI is InChI=1S/C18H16N4O3S/c1-2-25-17(24)15-16(23)13-10-12(8-9-14(13)20-21-15)22(18(19)26)11-6-4-3-5-7-11/h3-10H,2H2,1H3,(H2,19,26)(H,20,23). The lowest BCUT2D eigenvalue weighted by atomic mass is 10.1. The zero-order chi connectivity index (χ0) is 18.7. The number of hydrogen-bond acceptors (Lipinski definition) is 5. The number of rotatable bonds is 4. The second kappa shape index (κ2) is 7.32. The summed E-state index contributed by atoms with van der Waals surface area (Å²) in [7, 11) is 0. The van der Waals surface area contributed by atoms with E-state index in [1.54, 1.807) is 30.0 Å². The van der Waals surface area contributed by atoms with Crippen LogP contribution in [0.2, 0.25) is 0 Å². The highest BCUT2D eigenvalue weighted by atomic mass is 32.1. The average Bonchev–Trinajstić information content (AvgIpc) is 2.63. The quantitative estimate of drug-likeness (QED) is 0.539. The smallest absolute Gasteiger partial charge is 0.362 e. The van der Waals surface area contributed by atoms with Crippen LogP contribution in [0.25, 0.3) is 10.9 Å². The fraction of sp³-hybridized carbons (Fsp3) is 0.111. The van der Waals surface area contributed by atoms with Gasteiger partial charge < -0.3 is 10.5 Å². The highest BCUT2D eigenvalue weighted by Gasteiger charge is 2.18. The van der Waals surface area contributed by atoms with E-state index in [0.717, 1.165) is 5.69 Å². The first-order chi connectivity index (χ1) is 12.5. The highest BCUT2D eigenvalue weighted by Crippen LogP contribution is 2.26. The van der Waals surface area contributed by atoms with Gasteiger partial charge in [-0.3, -0.25) is 14.8 Å². The summed E-state index contributed by atoms with van der Waals surface area (Å²) in [5.74, 6) is -0.768. The highest BCUT2D eigenvalue weighted by molar-refractivity contribution is 7.80. The molecule has 3 rings (SSSR count). The molecular weight excluding hydrogens is 352 g/mol. The number of fused-ring (bicyclic) bond motifs is 1. The zero-order valence-electron chi connectivity index (χ0n) is 13.9. The molecule has 7 nitrogen and oxygen atoms in total. The van der Waals surface area contributed by atoms with Crippen molar-refractivity contribution in [3.63, 3.8) is 0 Å². The predicted octanol–water partition coefficient (Wildman–Crippen LogP) is 2.48. The SMILES string of the molecule is CCOC(=O)c1n[nH]c2ccc(N(C(N)=S)c3ccccc3)cc2c1=O. The monoisotopic (exact) mass is 368 g/mol. The van der Waals surface area contributed by atoms with E-state index in [1.165, 1.54) is 0 Å². The molecule has 8 heteroatoms. The minimum atomic E-state index is -0.768. The molecule has 0 bridgehead atoms. The average molecular weight is 368 g/mol. The molecule has 1 heterocycles. The van der Waals surface area contributed by atoms with Crippen molar-refractivity contribution >= 4 is 45.6 Å². The number of nitrogens with one attached hydrogen (secondary N) is 1. The first-order valence-corrected chi connectivity index (χ1v) is 8.28. The van der Waals surface area contributed by atoms with Crippen LogP contribution in [0.1, 0.15) is 17.4 Å². The zero-order valence-corrected chi connectivity index (χ0v) is 14.7. The fourth-order valence-electron chi connectivity index (χ4n) is 2.57. The van der Waals surface area contributed by atoms with Crippen molar-refractivity contribution in [1.82, 2.24) is 10.2 Å². The summed E-state index contributed by atoms with van der Waals surface area (Å²) in [4.78, 5) is 26.2. The van der Waals surface area contributed by atoms with Crippen molar-refractivity contribution in [2.75, 3.05) is 11.5 Å². The third-order valence-electron chi connectivity index (χ3n) is 3.71. The van der Waals surface area contributed by atoms with Crippen molar-refractivity contribution in [3.05, 3.63) is 64.4 Å². The van der Waals surface area contributed by atoms with Crippen LogP contribution in [0.15, 0.2) is 53.3 Å². The topological polar surface area (TPSA) is 101 Å². The molecule has 3 N–H and O–H groups in total. The minimum Gasteiger partial charge on any atom is -0.461 e. The first kappa shape index (κ1) is 17.6. The molecule has 0 saturated heterocycles. The third-order valence-corrected chi connectivity index (χ3v) is 3.90. The van der Waals surface area contributed by atoms with Crippen LogP contribution < -0.4 is 16.1 Å². The van der Waals surface area contributed by atoms with Gasteiger partial charge in [-0.25, -0.2) is 4.79 Å². The van der Waals surface area contributed by atoms with Crippen molar-refractivity contribution < 1.29 is 9.53 Å². The van der Waals surface area contributed by atoms with E-state index >= 15 is 0 Å². The maximum Gasteiger partial charge on any atom is 0.362 e.